The number of rotatable bonds is 10. The molecule has 2 aliphatic rings. The van der Waals surface area contributed by atoms with Gasteiger partial charge in [0.1, 0.15) is 13.2 Å². The van der Waals surface area contributed by atoms with Crippen LogP contribution in [0.25, 0.3) is 0 Å². The smallest absolute Gasteiger partial charge is 0.330 e. The molecule has 0 aliphatic carbocycles. The van der Waals surface area contributed by atoms with Gasteiger partial charge >= 0.3 is 11.9 Å². The van der Waals surface area contributed by atoms with Gasteiger partial charge < -0.3 is 9.47 Å². The molecule has 8 heteroatoms. The monoisotopic (exact) mass is 506 g/mol. The number of carbonyl (C=O) groups is 2. The fourth-order valence-corrected chi connectivity index (χ4v) is 9.17. The van der Waals surface area contributed by atoms with Crippen molar-refractivity contribution in [1.82, 2.24) is 0 Å². The summed E-state index contributed by atoms with van der Waals surface area (Å²) in [7, 11) is 0. The van der Waals surface area contributed by atoms with Crippen molar-refractivity contribution in [1.29, 1.82) is 0 Å². The molecular weight excluding hydrogens is 481 g/mol. The summed E-state index contributed by atoms with van der Waals surface area (Å²) < 4.78 is 11.2. The average Bonchev–Trinajstić information content (AvgIpc) is 3.32. The maximum atomic E-state index is 11.4. The fourth-order valence-electron chi connectivity index (χ4n) is 3.20. The van der Waals surface area contributed by atoms with Gasteiger partial charge in [0, 0.05) is 22.0 Å². The lowest BCUT2D eigenvalue weighted by Gasteiger charge is -2.16. The minimum atomic E-state index is -0.390. The molecule has 0 spiro atoms. The van der Waals surface area contributed by atoms with E-state index < -0.39 is 11.9 Å². The van der Waals surface area contributed by atoms with Crippen LogP contribution in [-0.2, 0) is 31.9 Å². The number of allylic oxidation sites excluding steroid dienone is 2. The molecule has 2 aliphatic heterocycles. The van der Waals surface area contributed by atoms with Crippen LogP contribution in [-0.4, -0.2) is 34.3 Å². The largest absolute Gasteiger partial charge is 0.457 e. The van der Waals surface area contributed by atoms with E-state index in [0.29, 0.717) is 22.4 Å². The molecule has 32 heavy (non-hydrogen) atoms. The molecule has 170 valence electrons. The van der Waals surface area contributed by atoms with Gasteiger partial charge in [0.05, 0.1) is 9.16 Å². The van der Waals surface area contributed by atoms with Crippen LogP contribution in [0.1, 0.15) is 25.0 Å². The van der Waals surface area contributed by atoms with E-state index in [4.69, 9.17) is 9.47 Å². The molecule has 0 aromatic heterocycles. The molecule has 0 saturated carbocycles. The van der Waals surface area contributed by atoms with Crippen LogP contribution >= 0.6 is 47.0 Å². The van der Waals surface area contributed by atoms with Gasteiger partial charge in [0.15, 0.2) is 0 Å². The molecule has 2 atom stereocenters. The minimum absolute atomic E-state index is 0.312. The first-order valence-electron chi connectivity index (χ1n) is 10.1. The minimum Gasteiger partial charge on any atom is -0.457 e. The van der Waals surface area contributed by atoms with Crippen molar-refractivity contribution in [3.63, 3.8) is 0 Å². The first kappa shape index (κ1) is 25.1. The Morgan fingerprint density at radius 3 is 1.59 bits per heavy atom. The van der Waals surface area contributed by atoms with Crippen molar-refractivity contribution < 1.29 is 19.1 Å². The standard InChI is InChI=1S/C24H26O4S4/c1-5-21(25)27-13-19-15(3)29-23(31-19)11-17-9-7-8-10-18(17)12-24-30-16(4)20(32-24)14-28-22(26)6-2/h5-10,23-24H,1-2,11-14H2,3-4H3. The molecule has 1 aromatic rings. The first-order chi connectivity index (χ1) is 15.4. The van der Waals surface area contributed by atoms with Crippen LogP contribution in [0.15, 0.2) is 69.2 Å². The Morgan fingerprint density at radius 2 is 1.22 bits per heavy atom. The third-order valence-electron chi connectivity index (χ3n) is 4.87. The first-order valence-corrected chi connectivity index (χ1v) is 13.6. The van der Waals surface area contributed by atoms with E-state index in [-0.39, 0.29) is 0 Å². The molecule has 3 rings (SSSR count). The van der Waals surface area contributed by atoms with Crippen molar-refractivity contribution in [2.45, 2.75) is 35.9 Å². The number of esters is 2. The van der Waals surface area contributed by atoms with E-state index in [2.05, 4.69) is 51.3 Å². The summed E-state index contributed by atoms with van der Waals surface area (Å²) in [5.74, 6) is -0.780. The van der Waals surface area contributed by atoms with Gasteiger partial charge in [-0.2, -0.15) is 0 Å². The summed E-state index contributed by atoms with van der Waals surface area (Å²) in [6.45, 7) is 11.7. The number of carbonyl (C=O) groups excluding carboxylic acids is 2. The molecule has 0 amide bonds. The number of hydrogen-bond donors (Lipinski definition) is 0. The zero-order valence-electron chi connectivity index (χ0n) is 18.1. The Morgan fingerprint density at radius 1 is 0.812 bits per heavy atom. The van der Waals surface area contributed by atoms with E-state index in [0.717, 1.165) is 22.7 Å². The summed E-state index contributed by atoms with van der Waals surface area (Å²) in [5.41, 5.74) is 2.69. The highest BCUT2D eigenvalue weighted by Gasteiger charge is 2.27. The van der Waals surface area contributed by atoms with Crippen LogP contribution in [0.5, 0.6) is 0 Å². The van der Waals surface area contributed by atoms with E-state index >= 15 is 0 Å². The summed E-state index contributed by atoms with van der Waals surface area (Å²) in [4.78, 5) is 27.4. The molecule has 2 unspecified atom stereocenters. The predicted octanol–water partition coefficient (Wildman–Crippen LogP) is 6.31. The second kappa shape index (κ2) is 12.1. The van der Waals surface area contributed by atoms with Crippen molar-refractivity contribution in [3.05, 3.63) is 80.3 Å². The van der Waals surface area contributed by atoms with Crippen LogP contribution in [0, 0.1) is 0 Å². The quantitative estimate of drug-likeness (QED) is 0.270. The lowest BCUT2D eigenvalue weighted by Crippen LogP contribution is -2.07. The van der Waals surface area contributed by atoms with Crippen molar-refractivity contribution in [2.75, 3.05) is 13.2 Å². The zero-order valence-corrected chi connectivity index (χ0v) is 21.4. The molecule has 0 N–H and O–H groups in total. The molecule has 1 aromatic carbocycles. The average molecular weight is 507 g/mol. The van der Waals surface area contributed by atoms with Gasteiger partial charge in [-0.1, -0.05) is 37.4 Å². The lowest BCUT2D eigenvalue weighted by atomic mass is 10.0. The third-order valence-corrected chi connectivity index (χ3v) is 10.6. The zero-order chi connectivity index (χ0) is 23.1. The Hall–Kier alpha value is -1.48. The van der Waals surface area contributed by atoms with Crippen molar-refractivity contribution in [3.8, 4) is 0 Å². The van der Waals surface area contributed by atoms with E-state index in [1.54, 1.807) is 23.5 Å². The van der Waals surface area contributed by atoms with Crippen LogP contribution in [0.4, 0.5) is 0 Å². The second-order valence-electron chi connectivity index (χ2n) is 7.09. The topological polar surface area (TPSA) is 52.6 Å². The van der Waals surface area contributed by atoms with Crippen LogP contribution in [0.3, 0.4) is 0 Å². The second-order valence-corrected chi connectivity index (χ2v) is 13.1. The van der Waals surface area contributed by atoms with Gasteiger partial charge in [-0.25, -0.2) is 9.59 Å². The van der Waals surface area contributed by atoms with E-state index in [1.165, 1.54) is 33.1 Å². The predicted molar refractivity (Wildman–Crippen MR) is 140 cm³/mol. The Kier molecular flexibility index (Phi) is 9.52. The fraction of sp³-hybridized carbons (Fsp3) is 0.333. The third kappa shape index (κ3) is 7.01. The number of hydrogen-bond acceptors (Lipinski definition) is 8. The maximum absolute atomic E-state index is 11.4. The molecular formula is C24H26O4S4. The van der Waals surface area contributed by atoms with Gasteiger partial charge in [-0.15, -0.1) is 47.0 Å². The van der Waals surface area contributed by atoms with Crippen molar-refractivity contribution >= 4 is 59.0 Å². The Balaban J connectivity index is 1.56. The highest BCUT2D eigenvalue weighted by atomic mass is 32.2. The highest BCUT2D eigenvalue weighted by molar-refractivity contribution is 8.23. The lowest BCUT2D eigenvalue weighted by molar-refractivity contribution is -0.137. The van der Waals surface area contributed by atoms with E-state index in [1.807, 2.05) is 23.5 Å². The molecule has 0 saturated heterocycles. The summed E-state index contributed by atoms with van der Waals surface area (Å²) in [6, 6.07) is 8.60. The van der Waals surface area contributed by atoms with Crippen LogP contribution < -0.4 is 0 Å². The highest BCUT2D eigenvalue weighted by Crippen LogP contribution is 2.49. The Bertz CT molecular complexity index is 890. The van der Waals surface area contributed by atoms with E-state index in [9.17, 15) is 9.59 Å². The van der Waals surface area contributed by atoms with Gasteiger partial charge in [0.2, 0.25) is 0 Å². The number of ether oxygens (including phenoxy) is 2. The summed E-state index contributed by atoms with van der Waals surface area (Å²) in [5, 5.41) is 0. The maximum Gasteiger partial charge on any atom is 0.330 e. The molecule has 0 fully saturated rings. The molecule has 4 nitrogen and oxygen atoms in total. The molecule has 2 heterocycles. The summed E-state index contributed by atoms with van der Waals surface area (Å²) in [6.07, 6.45) is 4.28. The molecule has 0 bridgehead atoms. The van der Waals surface area contributed by atoms with Gasteiger partial charge in [0.25, 0.3) is 0 Å². The van der Waals surface area contributed by atoms with Crippen molar-refractivity contribution in [2.24, 2.45) is 0 Å². The van der Waals surface area contributed by atoms with Gasteiger partial charge in [-0.3, -0.25) is 0 Å². The molecule has 0 radical (unpaired) electrons. The van der Waals surface area contributed by atoms with Gasteiger partial charge in [-0.05, 0) is 47.6 Å². The number of thioether (sulfide) groups is 4. The SMILES string of the molecule is C=CC(=O)OCC1=C(C)SC(Cc2ccccc2CC2SC(C)=C(COC(=O)C=C)S2)S1. The Labute approximate surface area is 206 Å². The number of benzene rings is 1. The summed E-state index contributed by atoms with van der Waals surface area (Å²) >= 11 is 7.25. The normalized spacial score (nSPS) is 20.4. The van der Waals surface area contributed by atoms with Crippen LogP contribution in [0.2, 0.25) is 0 Å².